The monoisotopic (exact) mass is 242 g/mol. The first-order valence-corrected chi connectivity index (χ1v) is 5.80. The second-order valence-corrected chi connectivity index (χ2v) is 5.29. The van der Waals surface area contributed by atoms with Crippen molar-refractivity contribution in [2.24, 2.45) is 5.41 Å². The molecule has 0 heterocycles. The standard InChI is InChI=1S/C12H22N2O3/c1-5-6-7-12(9(15)8-13,11(2,3)4)14-10(16)17/h9,14-15H,5-7H2,1-4H3,(H,16,17)/t9-,12?/m0/s1. The molecule has 0 aliphatic heterocycles. The smallest absolute Gasteiger partial charge is 0.405 e. The molecule has 2 atom stereocenters. The molecule has 5 nitrogen and oxygen atoms in total. The molecule has 5 heteroatoms. The highest BCUT2D eigenvalue weighted by Crippen LogP contribution is 2.37. The van der Waals surface area contributed by atoms with E-state index in [9.17, 15) is 9.90 Å². The number of carboxylic acid groups (broad SMARTS) is 1. The third-order valence-electron chi connectivity index (χ3n) is 3.18. The summed E-state index contributed by atoms with van der Waals surface area (Å²) in [5.74, 6) is 0. The Morgan fingerprint density at radius 2 is 2.00 bits per heavy atom. The SMILES string of the molecule is CCCCC(NC(=O)O)([C@@H](O)C#N)C(C)(C)C. The molecule has 0 saturated carbocycles. The number of amides is 1. The summed E-state index contributed by atoms with van der Waals surface area (Å²) in [4.78, 5) is 10.9. The molecule has 0 fully saturated rings. The molecular weight excluding hydrogens is 220 g/mol. The van der Waals surface area contributed by atoms with Crippen molar-refractivity contribution < 1.29 is 15.0 Å². The second-order valence-electron chi connectivity index (χ2n) is 5.29. The quantitative estimate of drug-likeness (QED) is 0.644. The van der Waals surface area contributed by atoms with E-state index in [4.69, 9.17) is 10.4 Å². The maximum atomic E-state index is 10.9. The third kappa shape index (κ3) is 3.60. The molecule has 17 heavy (non-hydrogen) atoms. The van der Waals surface area contributed by atoms with E-state index in [0.717, 1.165) is 12.8 Å². The van der Waals surface area contributed by atoms with E-state index >= 15 is 0 Å². The highest BCUT2D eigenvalue weighted by Gasteiger charge is 2.48. The summed E-state index contributed by atoms with van der Waals surface area (Å²) in [6, 6.07) is 1.76. The Bertz CT molecular complexity index is 304. The second kappa shape index (κ2) is 5.87. The molecule has 0 rings (SSSR count). The van der Waals surface area contributed by atoms with Crippen molar-refractivity contribution in [3.05, 3.63) is 0 Å². The zero-order chi connectivity index (χ0) is 13.7. The van der Waals surface area contributed by atoms with Gasteiger partial charge in [0.25, 0.3) is 0 Å². The Labute approximate surface area is 102 Å². The maximum absolute atomic E-state index is 10.9. The van der Waals surface area contributed by atoms with Gasteiger partial charge in [-0.2, -0.15) is 5.26 Å². The maximum Gasteiger partial charge on any atom is 0.405 e. The number of nitriles is 1. The number of hydrogen-bond donors (Lipinski definition) is 3. The lowest BCUT2D eigenvalue weighted by Crippen LogP contribution is -2.63. The Morgan fingerprint density at radius 3 is 2.29 bits per heavy atom. The molecule has 0 radical (unpaired) electrons. The van der Waals surface area contributed by atoms with Gasteiger partial charge >= 0.3 is 6.09 Å². The summed E-state index contributed by atoms with van der Waals surface area (Å²) in [5.41, 5.74) is -1.68. The summed E-state index contributed by atoms with van der Waals surface area (Å²) in [6.45, 7) is 7.43. The first-order valence-electron chi connectivity index (χ1n) is 5.80. The van der Waals surface area contributed by atoms with Crippen LogP contribution in [0.4, 0.5) is 4.79 Å². The van der Waals surface area contributed by atoms with Crippen LogP contribution in [0.2, 0.25) is 0 Å². The van der Waals surface area contributed by atoms with Crippen LogP contribution < -0.4 is 5.32 Å². The van der Waals surface area contributed by atoms with Gasteiger partial charge < -0.3 is 15.5 Å². The molecule has 0 aromatic carbocycles. The van der Waals surface area contributed by atoms with Crippen LogP contribution in [0.15, 0.2) is 0 Å². The molecule has 1 unspecified atom stereocenters. The van der Waals surface area contributed by atoms with Gasteiger partial charge in [-0.3, -0.25) is 0 Å². The van der Waals surface area contributed by atoms with Crippen molar-refractivity contribution in [1.82, 2.24) is 5.32 Å². The Balaban J connectivity index is 5.37. The fourth-order valence-electron chi connectivity index (χ4n) is 2.00. The third-order valence-corrected chi connectivity index (χ3v) is 3.18. The van der Waals surface area contributed by atoms with E-state index in [0.29, 0.717) is 6.42 Å². The Morgan fingerprint density at radius 1 is 1.47 bits per heavy atom. The molecular formula is C12H22N2O3. The number of aliphatic hydroxyl groups excluding tert-OH is 1. The van der Waals surface area contributed by atoms with E-state index in [1.165, 1.54) is 0 Å². The van der Waals surface area contributed by atoms with Gasteiger partial charge in [-0.15, -0.1) is 0 Å². The minimum Gasteiger partial charge on any atom is -0.465 e. The van der Waals surface area contributed by atoms with Crippen molar-refractivity contribution in [2.45, 2.75) is 58.6 Å². The number of aliphatic hydroxyl groups is 1. The summed E-state index contributed by atoms with van der Waals surface area (Å²) in [7, 11) is 0. The molecule has 0 saturated heterocycles. The van der Waals surface area contributed by atoms with Crippen molar-refractivity contribution >= 4 is 6.09 Å². The predicted molar refractivity (Wildman–Crippen MR) is 64.5 cm³/mol. The van der Waals surface area contributed by atoms with Crippen LogP contribution in [0, 0.1) is 16.7 Å². The van der Waals surface area contributed by atoms with Crippen LogP contribution in [0.1, 0.15) is 47.0 Å². The van der Waals surface area contributed by atoms with Crippen LogP contribution in [0.25, 0.3) is 0 Å². The number of nitrogens with one attached hydrogen (secondary N) is 1. The van der Waals surface area contributed by atoms with Crippen LogP contribution in [-0.2, 0) is 0 Å². The zero-order valence-electron chi connectivity index (χ0n) is 10.9. The van der Waals surface area contributed by atoms with Crippen molar-refractivity contribution in [2.75, 3.05) is 0 Å². The van der Waals surface area contributed by atoms with E-state index in [-0.39, 0.29) is 0 Å². The number of nitrogens with zero attached hydrogens (tertiary/aromatic N) is 1. The van der Waals surface area contributed by atoms with Crippen molar-refractivity contribution in [1.29, 1.82) is 5.26 Å². The molecule has 3 N–H and O–H groups in total. The van der Waals surface area contributed by atoms with Gasteiger partial charge in [0, 0.05) is 0 Å². The highest BCUT2D eigenvalue weighted by atomic mass is 16.4. The first kappa shape index (κ1) is 15.7. The van der Waals surface area contributed by atoms with Crippen LogP contribution in [0.3, 0.4) is 0 Å². The number of unbranched alkanes of at least 4 members (excludes halogenated alkanes) is 1. The summed E-state index contributed by atoms with van der Waals surface area (Å²) < 4.78 is 0. The fraction of sp³-hybridized carbons (Fsp3) is 0.833. The average molecular weight is 242 g/mol. The van der Waals surface area contributed by atoms with E-state index in [1.54, 1.807) is 6.07 Å². The minimum absolute atomic E-state index is 0.439. The van der Waals surface area contributed by atoms with Crippen molar-refractivity contribution in [3.63, 3.8) is 0 Å². The minimum atomic E-state index is -1.36. The summed E-state index contributed by atoms with van der Waals surface area (Å²) >= 11 is 0. The van der Waals surface area contributed by atoms with Gasteiger partial charge in [0.1, 0.15) is 0 Å². The van der Waals surface area contributed by atoms with Gasteiger partial charge in [0.15, 0.2) is 6.10 Å². The molecule has 0 aliphatic carbocycles. The van der Waals surface area contributed by atoms with Crippen LogP contribution in [-0.4, -0.2) is 27.9 Å². The van der Waals surface area contributed by atoms with E-state index < -0.39 is 23.2 Å². The van der Waals surface area contributed by atoms with Crippen molar-refractivity contribution in [3.8, 4) is 6.07 Å². The Hall–Kier alpha value is -1.28. The first-order chi connectivity index (χ1) is 7.71. The highest BCUT2D eigenvalue weighted by molar-refractivity contribution is 5.66. The summed E-state index contributed by atoms with van der Waals surface area (Å²) in [5, 5.41) is 30.1. The molecule has 98 valence electrons. The van der Waals surface area contributed by atoms with Gasteiger partial charge in [-0.25, -0.2) is 4.79 Å². The van der Waals surface area contributed by atoms with Gasteiger partial charge in [0.05, 0.1) is 11.6 Å². The average Bonchev–Trinajstić information content (AvgIpc) is 2.20. The number of carbonyl (C=O) groups is 1. The lowest BCUT2D eigenvalue weighted by molar-refractivity contribution is 0.0135. The summed E-state index contributed by atoms with van der Waals surface area (Å²) in [6.07, 6.45) is -0.516. The number of rotatable bonds is 5. The van der Waals surface area contributed by atoms with Gasteiger partial charge in [-0.1, -0.05) is 40.5 Å². The molecule has 0 spiro atoms. The lowest BCUT2D eigenvalue weighted by atomic mass is 9.67. The zero-order valence-corrected chi connectivity index (χ0v) is 10.9. The predicted octanol–water partition coefficient (Wildman–Crippen LogP) is 2.11. The van der Waals surface area contributed by atoms with E-state index in [2.05, 4.69) is 5.32 Å². The molecule has 0 aromatic rings. The largest absolute Gasteiger partial charge is 0.465 e. The topological polar surface area (TPSA) is 93.3 Å². The fourth-order valence-corrected chi connectivity index (χ4v) is 2.00. The molecule has 0 aromatic heterocycles. The van der Waals surface area contributed by atoms with Crippen LogP contribution in [0.5, 0.6) is 0 Å². The van der Waals surface area contributed by atoms with Crippen LogP contribution >= 0.6 is 0 Å². The molecule has 0 aliphatic rings. The van der Waals surface area contributed by atoms with Gasteiger partial charge in [-0.05, 0) is 11.8 Å². The molecule has 1 amide bonds. The van der Waals surface area contributed by atoms with E-state index in [1.807, 2.05) is 27.7 Å². The molecule has 0 bridgehead atoms. The number of hydrogen-bond acceptors (Lipinski definition) is 3. The normalized spacial score (nSPS) is 16.7. The van der Waals surface area contributed by atoms with Gasteiger partial charge in [0.2, 0.25) is 0 Å². The Kier molecular flexibility index (Phi) is 5.43. The lowest BCUT2D eigenvalue weighted by Gasteiger charge is -2.45.